The largest absolute Gasteiger partial charge is 0.494 e. The number of ether oxygens (including phenoxy) is 1. The predicted molar refractivity (Wildman–Crippen MR) is 115 cm³/mol. The fraction of sp³-hybridized carbons (Fsp3) is 0.333. The highest BCUT2D eigenvalue weighted by Gasteiger charge is 2.51. The molecule has 0 aliphatic heterocycles. The maximum atomic E-state index is 14.1. The van der Waals surface area contributed by atoms with Crippen LogP contribution in [-0.2, 0) is 4.79 Å². The monoisotopic (exact) mass is 499 g/mol. The molecule has 35 heavy (non-hydrogen) atoms. The molecule has 1 aliphatic rings. The second-order valence-corrected chi connectivity index (χ2v) is 7.71. The Bertz CT molecular complexity index is 1410. The van der Waals surface area contributed by atoms with Crippen LogP contribution in [0.2, 0.25) is 0 Å². The van der Waals surface area contributed by atoms with Gasteiger partial charge < -0.3 is 25.8 Å². The van der Waals surface area contributed by atoms with E-state index in [-0.39, 0.29) is 46.9 Å². The van der Waals surface area contributed by atoms with Crippen molar-refractivity contribution in [2.45, 2.75) is 30.8 Å². The Morgan fingerprint density at radius 2 is 2.06 bits per heavy atom. The average molecular weight is 499 g/mol. The molecule has 0 radical (unpaired) electrons. The number of methoxy groups -OCH3 is 1. The van der Waals surface area contributed by atoms with Crippen LogP contribution in [-0.4, -0.2) is 57.4 Å². The first kappa shape index (κ1) is 20.4. The Hall–Kier alpha value is -3.94. The Labute approximate surface area is 199 Å². The highest BCUT2D eigenvalue weighted by molar-refractivity contribution is 6.03. The Morgan fingerprint density at radius 1 is 1.31 bits per heavy atom. The standard InChI is InChI=1S/C21H20F4N6O4/c1-26-18(33)11-8-27-14(30-19(34)20(22)4-5-20)7-12(11)29-13-9-28-31-6-3-10(16(35-2)15(13)31)17(32)21(23,24)25/h3,6-9,17,32H,4-5H2,1-2H3,(H,26,33)(H2,27,29,30,34)/t17-/m0/s1/i1D3. The van der Waals surface area contributed by atoms with E-state index < -0.39 is 42.3 Å². The summed E-state index contributed by atoms with van der Waals surface area (Å²) >= 11 is 0. The van der Waals surface area contributed by atoms with Gasteiger partial charge in [-0.25, -0.2) is 13.9 Å². The van der Waals surface area contributed by atoms with E-state index >= 15 is 0 Å². The molecule has 0 unspecified atom stereocenters. The summed E-state index contributed by atoms with van der Waals surface area (Å²) in [7, 11) is 1.08. The molecule has 10 nitrogen and oxygen atoms in total. The number of halogens is 4. The number of anilines is 3. The number of carbonyl (C=O) groups excluding carboxylic acids is 2. The van der Waals surface area contributed by atoms with Gasteiger partial charge in [0.25, 0.3) is 11.8 Å². The zero-order chi connectivity index (χ0) is 28.0. The zero-order valence-electron chi connectivity index (χ0n) is 20.9. The maximum Gasteiger partial charge on any atom is 0.418 e. The number of aliphatic hydroxyl groups excluding tert-OH is 1. The summed E-state index contributed by atoms with van der Waals surface area (Å²) in [5.41, 5.74) is -3.23. The lowest BCUT2D eigenvalue weighted by Gasteiger charge is -2.19. The minimum atomic E-state index is -5.01. The van der Waals surface area contributed by atoms with Crippen LogP contribution >= 0.6 is 0 Å². The van der Waals surface area contributed by atoms with Crippen molar-refractivity contribution in [1.29, 1.82) is 0 Å². The van der Waals surface area contributed by atoms with E-state index in [2.05, 4.69) is 20.7 Å². The SMILES string of the molecule is [2H]C([2H])([2H])NC(=O)c1cnc(NC(=O)C2(F)CC2)cc1Nc1cnn2ccc([C@H](O)C(F)(F)F)c(OC)c12. The molecule has 3 heterocycles. The number of pyridine rings is 2. The predicted octanol–water partition coefficient (Wildman–Crippen LogP) is 2.88. The third-order valence-electron chi connectivity index (χ3n) is 5.35. The summed E-state index contributed by atoms with van der Waals surface area (Å²) in [4.78, 5) is 28.7. The number of rotatable bonds is 7. The first-order chi connectivity index (χ1) is 17.6. The molecule has 1 fully saturated rings. The molecule has 0 spiro atoms. The van der Waals surface area contributed by atoms with E-state index in [4.69, 9.17) is 8.85 Å². The van der Waals surface area contributed by atoms with Crippen molar-refractivity contribution < 1.29 is 41.1 Å². The third kappa shape index (κ3) is 4.56. The Balaban J connectivity index is 1.79. The van der Waals surface area contributed by atoms with Gasteiger partial charge in [0.2, 0.25) is 0 Å². The number of hydrogen-bond donors (Lipinski definition) is 4. The first-order valence-electron chi connectivity index (χ1n) is 11.5. The number of aliphatic hydroxyl groups is 1. The van der Waals surface area contributed by atoms with Crippen LogP contribution in [0.3, 0.4) is 0 Å². The summed E-state index contributed by atoms with van der Waals surface area (Å²) in [5, 5.41) is 20.6. The van der Waals surface area contributed by atoms with Crippen LogP contribution in [0.25, 0.3) is 5.52 Å². The molecule has 14 heteroatoms. The van der Waals surface area contributed by atoms with Gasteiger partial charge >= 0.3 is 6.18 Å². The van der Waals surface area contributed by atoms with Crippen molar-refractivity contribution in [2.75, 3.05) is 24.7 Å². The number of aromatic nitrogens is 3. The van der Waals surface area contributed by atoms with Crippen LogP contribution in [0.1, 0.15) is 39.0 Å². The molecule has 1 atom stereocenters. The van der Waals surface area contributed by atoms with Crippen molar-refractivity contribution in [1.82, 2.24) is 19.9 Å². The molecule has 1 saturated carbocycles. The molecule has 3 aromatic heterocycles. The summed E-state index contributed by atoms with van der Waals surface area (Å²) in [6, 6.07) is 2.09. The van der Waals surface area contributed by atoms with Gasteiger partial charge in [0, 0.05) is 35.1 Å². The van der Waals surface area contributed by atoms with Gasteiger partial charge in [0.1, 0.15) is 11.3 Å². The van der Waals surface area contributed by atoms with Gasteiger partial charge in [0.05, 0.1) is 30.2 Å². The summed E-state index contributed by atoms with van der Waals surface area (Å²) < 4.78 is 82.0. The van der Waals surface area contributed by atoms with Gasteiger partial charge in [-0.1, -0.05) is 0 Å². The molecule has 0 saturated heterocycles. The number of fused-ring (bicyclic) bond motifs is 1. The summed E-state index contributed by atoms with van der Waals surface area (Å²) in [6.07, 6.45) is -4.60. The van der Waals surface area contributed by atoms with Crippen molar-refractivity contribution in [2.24, 2.45) is 0 Å². The Kier molecular flexibility index (Phi) is 5.07. The quantitative estimate of drug-likeness (QED) is 0.368. The van der Waals surface area contributed by atoms with Crippen LogP contribution in [0, 0.1) is 0 Å². The van der Waals surface area contributed by atoms with E-state index in [9.17, 15) is 32.3 Å². The van der Waals surface area contributed by atoms with Crippen LogP contribution in [0.5, 0.6) is 5.75 Å². The molecule has 3 aromatic rings. The molecular formula is C21H20F4N6O4. The topological polar surface area (TPSA) is 130 Å². The van der Waals surface area contributed by atoms with Gasteiger partial charge in [-0.3, -0.25) is 9.59 Å². The molecule has 0 bridgehead atoms. The van der Waals surface area contributed by atoms with Crippen LogP contribution in [0.15, 0.2) is 30.7 Å². The first-order valence-corrected chi connectivity index (χ1v) is 10.0. The molecule has 4 N–H and O–H groups in total. The molecule has 0 aromatic carbocycles. The fourth-order valence-electron chi connectivity index (χ4n) is 3.35. The van der Waals surface area contributed by atoms with Gasteiger partial charge in [0.15, 0.2) is 17.5 Å². The lowest BCUT2D eigenvalue weighted by atomic mass is 10.1. The number of hydrogen-bond acceptors (Lipinski definition) is 7. The second-order valence-electron chi connectivity index (χ2n) is 7.71. The van der Waals surface area contributed by atoms with Crippen molar-refractivity contribution in [3.05, 3.63) is 41.9 Å². The number of nitrogens with one attached hydrogen (secondary N) is 3. The number of alkyl halides is 4. The van der Waals surface area contributed by atoms with Crippen molar-refractivity contribution >= 4 is 34.5 Å². The fourth-order valence-corrected chi connectivity index (χ4v) is 3.35. The highest BCUT2D eigenvalue weighted by atomic mass is 19.4. The van der Waals surface area contributed by atoms with Crippen LogP contribution in [0.4, 0.5) is 34.8 Å². The van der Waals surface area contributed by atoms with E-state index in [1.54, 1.807) is 5.32 Å². The van der Waals surface area contributed by atoms with E-state index in [0.717, 1.165) is 36.2 Å². The molecular weight excluding hydrogens is 476 g/mol. The minimum Gasteiger partial charge on any atom is -0.494 e. The van der Waals surface area contributed by atoms with Gasteiger partial charge in [-0.05, 0) is 18.9 Å². The van der Waals surface area contributed by atoms with Gasteiger partial charge in [-0.15, -0.1) is 0 Å². The van der Waals surface area contributed by atoms with Crippen LogP contribution < -0.4 is 20.7 Å². The van der Waals surface area contributed by atoms with Gasteiger partial charge in [-0.2, -0.15) is 18.3 Å². The Morgan fingerprint density at radius 3 is 2.69 bits per heavy atom. The minimum absolute atomic E-state index is 0.0198. The molecule has 1 aliphatic carbocycles. The summed E-state index contributed by atoms with van der Waals surface area (Å²) in [5.74, 6) is -2.64. The molecule has 4 rings (SSSR count). The lowest BCUT2D eigenvalue weighted by Crippen LogP contribution is -2.26. The molecule has 186 valence electrons. The van der Waals surface area contributed by atoms with E-state index in [1.165, 1.54) is 6.20 Å². The molecule has 2 amide bonds. The lowest BCUT2D eigenvalue weighted by molar-refractivity contribution is -0.207. The van der Waals surface area contributed by atoms with E-state index in [1.807, 2.05) is 0 Å². The average Bonchev–Trinajstić information content (AvgIpc) is 3.45. The normalized spacial score (nSPS) is 17.0. The number of amides is 2. The maximum absolute atomic E-state index is 14.1. The number of carbonyl (C=O) groups is 2. The smallest absolute Gasteiger partial charge is 0.418 e. The number of nitrogens with zero attached hydrogens (tertiary/aromatic N) is 3. The zero-order valence-corrected chi connectivity index (χ0v) is 17.9. The second kappa shape index (κ2) is 8.69. The van der Waals surface area contributed by atoms with Crippen molar-refractivity contribution in [3.63, 3.8) is 0 Å². The highest BCUT2D eigenvalue weighted by Crippen LogP contribution is 2.42. The summed E-state index contributed by atoms with van der Waals surface area (Å²) in [6.45, 7) is -2.87. The third-order valence-corrected chi connectivity index (χ3v) is 5.35. The van der Waals surface area contributed by atoms with Crippen molar-refractivity contribution in [3.8, 4) is 5.75 Å². The van der Waals surface area contributed by atoms with E-state index in [0.29, 0.717) is 0 Å².